The van der Waals surface area contributed by atoms with Crippen molar-refractivity contribution in [2.75, 3.05) is 7.11 Å². The van der Waals surface area contributed by atoms with Crippen molar-refractivity contribution in [3.8, 4) is 11.5 Å². The Kier molecular flexibility index (Phi) is 3.61. The molecule has 0 unspecified atom stereocenters. The molecular formula is C20H15NO4. The number of hydrogen-bond acceptors (Lipinski definition) is 5. The van der Waals surface area contributed by atoms with Gasteiger partial charge in [0.1, 0.15) is 17.3 Å². The molecule has 2 aromatic carbocycles. The van der Waals surface area contributed by atoms with Gasteiger partial charge in [-0.05, 0) is 36.4 Å². The van der Waals surface area contributed by atoms with E-state index in [-0.39, 0.29) is 0 Å². The summed E-state index contributed by atoms with van der Waals surface area (Å²) in [7, 11) is 1.62. The Morgan fingerprint density at radius 3 is 2.44 bits per heavy atom. The molecule has 2 aliphatic rings. The van der Waals surface area contributed by atoms with Gasteiger partial charge in [0.15, 0.2) is 11.6 Å². The van der Waals surface area contributed by atoms with E-state index >= 15 is 0 Å². The number of carbonyl (C=O) groups excluding carboxylic acids is 1. The molecule has 0 N–H and O–H groups in total. The predicted molar refractivity (Wildman–Crippen MR) is 94.2 cm³/mol. The fraction of sp³-hybridized carbons (Fsp3) is 0.100. The number of ether oxygens (including phenoxy) is 3. The number of fused-ring (bicyclic) bond motifs is 1. The van der Waals surface area contributed by atoms with Crippen LogP contribution < -0.4 is 9.47 Å². The number of methoxy groups -OCH3 is 1. The maximum atomic E-state index is 12.1. The summed E-state index contributed by atoms with van der Waals surface area (Å²) < 4.78 is 16.3. The van der Waals surface area contributed by atoms with Crippen LogP contribution in [0.4, 0.5) is 0 Å². The van der Waals surface area contributed by atoms with Gasteiger partial charge < -0.3 is 14.2 Å². The van der Waals surface area contributed by atoms with Crippen LogP contribution in [0.3, 0.4) is 0 Å². The number of allylic oxidation sites excluding steroid dienone is 2. The smallest absolute Gasteiger partial charge is 0.364 e. The zero-order valence-corrected chi connectivity index (χ0v) is 13.8. The highest BCUT2D eigenvalue weighted by Crippen LogP contribution is 2.39. The number of aliphatic imine (C=N–C) groups is 1. The van der Waals surface area contributed by atoms with Crippen molar-refractivity contribution in [2.24, 2.45) is 4.99 Å². The molecule has 0 aliphatic carbocycles. The third kappa shape index (κ3) is 2.70. The lowest BCUT2D eigenvalue weighted by molar-refractivity contribution is -0.130. The summed E-state index contributed by atoms with van der Waals surface area (Å²) in [6.45, 7) is 1.66. The molecule has 0 atom stereocenters. The van der Waals surface area contributed by atoms with Gasteiger partial charge in [0.25, 0.3) is 0 Å². The lowest BCUT2D eigenvalue weighted by Crippen LogP contribution is -2.07. The van der Waals surface area contributed by atoms with Crippen molar-refractivity contribution >= 4 is 23.2 Å². The first-order valence-corrected chi connectivity index (χ1v) is 7.81. The van der Waals surface area contributed by atoms with Gasteiger partial charge in [-0.25, -0.2) is 9.79 Å². The minimum atomic E-state index is -0.450. The Morgan fingerprint density at radius 2 is 1.76 bits per heavy atom. The van der Waals surface area contributed by atoms with E-state index < -0.39 is 5.97 Å². The number of nitrogens with zero attached hydrogens (tertiary/aromatic N) is 1. The largest absolute Gasteiger partial charge is 0.497 e. The normalized spacial score (nSPS) is 18.7. The summed E-state index contributed by atoms with van der Waals surface area (Å²) in [5.41, 5.74) is 2.67. The molecule has 0 amide bonds. The molecular weight excluding hydrogens is 318 g/mol. The molecule has 0 saturated heterocycles. The zero-order valence-electron chi connectivity index (χ0n) is 13.8. The maximum absolute atomic E-state index is 12.1. The first-order valence-electron chi connectivity index (χ1n) is 7.81. The Labute approximate surface area is 144 Å². The van der Waals surface area contributed by atoms with Crippen LogP contribution in [-0.2, 0) is 9.53 Å². The highest BCUT2D eigenvalue weighted by Gasteiger charge is 2.28. The van der Waals surface area contributed by atoms with E-state index in [1.54, 1.807) is 14.0 Å². The summed E-state index contributed by atoms with van der Waals surface area (Å²) >= 11 is 0. The summed E-state index contributed by atoms with van der Waals surface area (Å²) in [6.07, 6.45) is 1.82. The van der Waals surface area contributed by atoms with Gasteiger partial charge >= 0.3 is 5.97 Å². The summed E-state index contributed by atoms with van der Waals surface area (Å²) in [4.78, 5) is 16.4. The number of carbonyl (C=O) groups is 1. The van der Waals surface area contributed by atoms with Crippen LogP contribution in [0.25, 0.3) is 11.3 Å². The van der Waals surface area contributed by atoms with Gasteiger partial charge in [0, 0.05) is 23.6 Å². The fourth-order valence-corrected chi connectivity index (χ4v) is 2.81. The van der Waals surface area contributed by atoms with E-state index in [2.05, 4.69) is 4.99 Å². The molecule has 0 bridgehead atoms. The van der Waals surface area contributed by atoms with E-state index in [1.807, 2.05) is 54.6 Å². The van der Waals surface area contributed by atoms with Crippen molar-refractivity contribution in [1.82, 2.24) is 0 Å². The van der Waals surface area contributed by atoms with Crippen molar-refractivity contribution < 1.29 is 19.0 Å². The van der Waals surface area contributed by atoms with Crippen molar-refractivity contribution in [3.05, 3.63) is 71.4 Å². The van der Waals surface area contributed by atoms with Gasteiger partial charge in [-0.2, -0.15) is 0 Å². The topological polar surface area (TPSA) is 57.1 Å². The minimum absolute atomic E-state index is 0.291. The molecule has 0 saturated carbocycles. The molecule has 124 valence electrons. The highest BCUT2D eigenvalue weighted by atomic mass is 16.6. The molecule has 25 heavy (non-hydrogen) atoms. The third-order valence-corrected chi connectivity index (χ3v) is 4.01. The van der Waals surface area contributed by atoms with E-state index in [0.717, 1.165) is 16.9 Å². The van der Waals surface area contributed by atoms with Crippen LogP contribution >= 0.6 is 0 Å². The average Bonchev–Trinajstić information content (AvgIpc) is 2.99. The minimum Gasteiger partial charge on any atom is -0.497 e. The Morgan fingerprint density at radius 1 is 1.00 bits per heavy atom. The van der Waals surface area contributed by atoms with Gasteiger partial charge in [0.2, 0.25) is 0 Å². The second-order valence-electron chi connectivity index (χ2n) is 5.62. The quantitative estimate of drug-likeness (QED) is 0.619. The molecule has 0 aromatic heterocycles. The van der Waals surface area contributed by atoms with Crippen LogP contribution in [0.2, 0.25) is 0 Å². The molecule has 2 aliphatic heterocycles. The van der Waals surface area contributed by atoms with Gasteiger partial charge in [-0.3, -0.25) is 0 Å². The van der Waals surface area contributed by atoms with Gasteiger partial charge in [-0.15, -0.1) is 0 Å². The second kappa shape index (κ2) is 5.94. The van der Waals surface area contributed by atoms with Gasteiger partial charge in [-0.1, -0.05) is 18.2 Å². The number of rotatable bonds is 2. The monoisotopic (exact) mass is 333 g/mol. The standard InChI is InChI=1S/C20H15NO4/c1-12-21-19(20(22)24-12)16-11-18(13-7-9-14(23-2)10-8-13)25-17-6-4-3-5-15(16)17/h3-11H,1-2H3/b19-16-. The predicted octanol–water partition coefficient (Wildman–Crippen LogP) is 3.82. The van der Waals surface area contributed by atoms with E-state index in [1.165, 1.54) is 0 Å². The van der Waals surface area contributed by atoms with Crippen molar-refractivity contribution in [1.29, 1.82) is 0 Å². The molecule has 2 heterocycles. The summed E-state index contributed by atoms with van der Waals surface area (Å²) in [5, 5.41) is 0. The Bertz CT molecular complexity index is 952. The average molecular weight is 333 g/mol. The van der Waals surface area contributed by atoms with Crippen molar-refractivity contribution in [2.45, 2.75) is 6.92 Å². The van der Waals surface area contributed by atoms with E-state index in [0.29, 0.717) is 28.7 Å². The second-order valence-corrected chi connectivity index (χ2v) is 5.62. The van der Waals surface area contributed by atoms with Crippen LogP contribution in [0, 0.1) is 0 Å². The molecule has 0 fully saturated rings. The van der Waals surface area contributed by atoms with Crippen LogP contribution in [0.1, 0.15) is 18.1 Å². The summed E-state index contributed by atoms with van der Waals surface area (Å²) in [5.74, 6) is 1.96. The lowest BCUT2D eigenvalue weighted by Gasteiger charge is -2.20. The van der Waals surface area contributed by atoms with E-state index in [4.69, 9.17) is 14.2 Å². The number of cyclic esters (lactones) is 1. The summed E-state index contributed by atoms with van der Waals surface area (Å²) in [6, 6.07) is 15.1. The molecule has 5 nitrogen and oxygen atoms in total. The first-order chi connectivity index (χ1) is 12.2. The highest BCUT2D eigenvalue weighted by molar-refractivity contribution is 6.11. The molecule has 0 spiro atoms. The number of para-hydroxylation sites is 1. The SMILES string of the molecule is COc1ccc(C2=C/C(=C3/N=C(C)OC3=O)c3ccccc3O2)cc1. The lowest BCUT2D eigenvalue weighted by atomic mass is 9.98. The Hall–Kier alpha value is -3.34. The number of hydrogen-bond donors (Lipinski definition) is 0. The van der Waals surface area contributed by atoms with E-state index in [9.17, 15) is 4.79 Å². The first kappa shape index (κ1) is 15.2. The molecule has 2 aromatic rings. The molecule has 0 radical (unpaired) electrons. The van der Waals surface area contributed by atoms with Gasteiger partial charge in [0.05, 0.1) is 7.11 Å². The Balaban J connectivity index is 1.87. The number of esters is 1. The molecule has 5 heteroatoms. The zero-order chi connectivity index (χ0) is 17.4. The molecule has 4 rings (SSSR count). The van der Waals surface area contributed by atoms with Crippen LogP contribution in [0.5, 0.6) is 11.5 Å². The van der Waals surface area contributed by atoms with Crippen LogP contribution in [-0.4, -0.2) is 19.0 Å². The number of benzene rings is 2. The van der Waals surface area contributed by atoms with Crippen molar-refractivity contribution in [3.63, 3.8) is 0 Å². The maximum Gasteiger partial charge on any atom is 0.364 e. The fourth-order valence-electron chi connectivity index (χ4n) is 2.81. The third-order valence-electron chi connectivity index (χ3n) is 4.01. The van der Waals surface area contributed by atoms with Crippen LogP contribution in [0.15, 0.2) is 65.3 Å².